The minimum atomic E-state index is -0.959. The van der Waals surface area contributed by atoms with Crippen LogP contribution in [0.5, 0.6) is 0 Å². The number of benzene rings is 1. The lowest BCUT2D eigenvalue weighted by Crippen LogP contribution is -2.51. The second kappa shape index (κ2) is 5.74. The van der Waals surface area contributed by atoms with E-state index < -0.39 is 12.0 Å². The number of piperidine rings is 1. The first-order valence-corrected chi connectivity index (χ1v) is 6.58. The number of carboxylic acid groups (broad SMARTS) is 1. The fraction of sp³-hybridized carbons (Fsp3) is 0.400. The molecule has 1 heterocycles. The molecule has 0 aliphatic carbocycles. The summed E-state index contributed by atoms with van der Waals surface area (Å²) in [5.41, 5.74) is 0.896. The standard InChI is InChI=1S/C15H16N2O3/c1-10-3-2-8-17(13(10)15(19)20)14(18)12-6-4-11(9-16)5-7-12/h4-7,10,13H,2-3,8H2,1H3,(H,19,20). The molecule has 0 aromatic heterocycles. The van der Waals surface area contributed by atoms with E-state index in [1.165, 1.54) is 4.90 Å². The van der Waals surface area contributed by atoms with Gasteiger partial charge in [0.15, 0.2) is 0 Å². The van der Waals surface area contributed by atoms with Gasteiger partial charge in [0.25, 0.3) is 5.91 Å². The van der Waals surface area contributed by atoms with Gasteiger partial charge in [-0.15, -0.1) is 0 Å². The van der Waals surface area contributed by atoms with Gasteiger partial charge in [-0.25, -0.2) is 4.79 Å². The van der Waals surface area contributed by atoms with Crippen LogP contribution >= 0.6 is 0 Å². The smallest absolute Gasteiger partial charge is 0.326 e. The van der Waals surface area contributed by atoms with Crippen molar-refractivity contribution in [2.24, 2.45) is 5.92 Å². The first-order chi connectivity index (χ1) is 9.54. The molecule has 2 atom stereocenters. The Hall–Kier alpha value is -2.35. The molecule has 1 N–H and O–H groups in total. The molecule has 104 valence electrons. The van der Waals surface area contributed by atoms with Gasteiger partial charge in [0.05, 0.1) is 11.6 Å². The lowest BCUT2D eigenvalue weighted by Gasteiger charge is -2.37. The zero-order chi connectivity index (χ0) is 14.7. The first-order valence-electron chi connectivity index (χ1n) is 6.58. The van der Waals surface area contributed by atoms with Crippen molar-refractivity contribution in [3.63, 3.8) is 0 Å². The highest BCUT2D eigenvalue weighted by Crippen LogP contribution is 2.25. The second-order valence-corrected chi connectivity index (χ2v) is 5.09. The van der Waals surface area contributed by atoms with Gasteiger partial charge in [0.2, 0.25) is 0 Å². The molecule has 0 bridgehead atoms. The van der Waals surface area contributed by atoms with Crippen molar-refractivity contribution in [2.45, 2.75) is 25.8 Å². The summed E-state index contributed by atoms with van der Waals surface area (Å²) < 4.78 is 0. The highest BCUT2D eigenvalue weighted by atomic mass is 16.4. The zero-order valence-corrected chi connectivity index (χ0v) is 11.2. The van der Waals surface area contributed by atoms with Crippen LogP contribution in [0.2, 0.25) is 0 Å². The number of hydrogen-bond donors (Lipinski definition) is 1. The Balaban J connectivity index is 2.25. The minimum absolute atomic E-state index is 0.0522. The van der Waals surface area contributed by atoms with E-state index in [9.17, 15) is 14.7 Å². The summed E-state index contributed by atoms with van der Waals surface area (Å²) in [4.78, 5) is 25.2. The molecule has 1 aromatic rings. The summed E-state index contributed by atoms with van der Waals surface area (Å²) in [6.45, 7) is 2.32. The second-order valence-electron chi connectivity index (χ2n) is 5.09. The van der Waals surface area contributed by atoms with Gasteiger partial charge >= 0.3 is 5.97 Å². The number of hydrogen-bond acceptors (Lipinski definition) is 3. The Kier molecular flexibility index (Phi) is 4.04. The Morgan fingerprint density at radius 3 is 2.55 bits per heavy atom. The summed E-state index contributed by atoms with van der Waals surface area (Å²) >= 11 is 0. The molecule has 0 spiro atoms. The predicted octanol–water partition coefficient (Wildman–Crippen LogP) is 1.88. The number of amides is 1. The highest BCUT2D eigenvalue weighted by Gasteiger charge is 2.37. The average molecular weight is 272 g/mol. The van der Waals surface area contributed by atoms with Crippen molar-refractivity contribution < 1.29 is 14.7 Å². The molecule has 1 saturated heterocycles. The number of likely N-dealkylation sites (tertiary alicyclic amines) is 1. The van der Waals surface area contributed by atoms with E-state index in [4.69, 9.17) is 5.26 Å². The third-order valence-electron chi connectivity index (χ3n) is 3.71. The largest absolute Gasteiger partial charge is 0.480 e. The zero-order valence-electron chi connectivity index (χ0n) is 11.2. The number of carbonyl (C=O) groups is 2. The summed E-state index contributed by atoms with van der Waals surface area (Å²) in [5.74, 6) is -1.30. The van der Waals surface area contributed by atoms with Crippen molar-refractivity contribution in [1.29, 1.82) is 5.26 Å². The quantitative estimate of drug-likeness (QED) is 0.891. The summed E-state index contributed by atoms with van der Waals surface area (Å²) in [5, 5.41) is 18.1. The van der Waals surface area contributed by atoms with Crippen molar-refractivity contribution in [1.82, 2.24) is 4.90 Å². The Morgan fingerprint density at radius 2 is 2.00 bits per heavy atom. The van der Waals surface area contributed by atoms with E-state index in [0.717, 1.165) is 12.8 Å². The van der Waals surface area contributed by atoms with E-state index in [1.54, 1.807) is 24.3 Å². The minimum Gasteiger partial charge on any atom is -0.480 e. The molecule has 1 aliphatic rings. The number of nitriles is 1. The molecule has 2 unspecified atom stereocenters. The molecule has 2 rings (SSSR count). The van der Waals surface area contributed by atoms with Crippen LogP contribution in [-0.4, -0.2) is 34.5 Å². The van der Waals surface area contributed by atoms with E-state index >= 15 is 0 Å². The number of nitrogens with zero attached hydrogens (tertiary/aromatic N) is 2. The molecule has 1 fully saturated rings. The van der Waals surface area contributed by atoms with Gasteiger partial charge < -0.3 is 10.0 Å². The lowest BCUT2D eigenvalue weighted by molar-refractivity contribution is -0.145. The SMILES string of the molecule is CC1CCCN(C(=O)c2ccc(C#N)cc2)C1C(=O)O. The van der Waals surface area contributed by atoms with Crippen molar-refractivity contribution >= 4 is 11.9 Å². The van der Waals surface area contributed by atoms with Gasteiger partial charge in [-0.3, -0.25) is 4.79 Å². The van der Waals surface area contributed by atoms with E-state index in [-0.39, 0.29) is 11.8 Å². The van der Waals surface area contributed by atoms with E-state index in [1.807, 2.05) is 13.0 Å². The van der Waals surface area contributed by atoms with Crippen LogP contribution in [0.3, 0.4) is 0 Å². The summed E-state index contributed by atoms with van der Waals surface area (Å²) in [6.07, 6.45) is 1.63. The maximum absolute atomic E-state index is 12.4. The van der Waals surface area contributed by atoms with E-state index in [0.29, 0.717) is 17.7 Å². The topological polar surface area (TPSA) is 81.4 Å². The van der Waals surface area contributed by atoms with Crippen molar-refractivity contribution in [3.8, 4) is 6.07 Å². The maximum Gasteiger partial charge on any atom is 0.326 e. The lowest BCUT2D eigenvalue weighted by atomic mass is 9.90. The fourth-order valence-electron chi connectivity index (χ4n) is 2.65. The Morgan fingerprint density at radius 1 is 1.35 bits per heavy atom. The molecule has 0 saturated carbocycles. The average Bonchev–Trinajstić information content (AvgIpc) is 2.46. The molecule has 5 heteroatoms. The molecular weight excluding hydrogens is 256 g/mol. The van der Waals surface area contributed by atoms with Crippen LogP contribution in [0.4, 0.5) is 0 Å². The molecule has 0 radical (unpaired) electrons. The van der Waals surface area contributed by atoms with Crippen LogP contribution in [0, 0.1) is 17.2 Å². The molecule has 1 aromatic carbocycles. The maximum atomic E-state index is 12.4. The first kappa shape index (κ1) is 14.1. The Bertz CT molecular complexity index is 559. The van der Waals surface area contributed by atoms with E-state index in [2.05, 4.69) is 0 Å². The fourth-order valence-corrected chi connectivity index (χ4v) is 2.65. The Labute approximate surface area is 117 Å². The number of carbonyl (C=O) groups excluding carboxylic acids is 1. The molecule has 1 amide bonds. The van der Waals surface area contributed by atoms with Crippen LogP contribution in [0.1, 0.15) is 35.7 Å². The van der Waals surface area contributed by atoms with Crippen LogP contribution in [0.25, 0.3) is 0 Å². The predicted molar refractivity (Wildman–Crippen MR) is 72.0 cm³/mol. The summed E-state index contributed by atoms with van der Waals surface area (Å²) in [7, 11) is 0. The van der Waals surface area contributed by atoms with Crippen molar-refractivity contribution in [2.75, 3.05) is 6.54 Å². The normalized spacial score (nSPS) is 22.1. The van der Waals surface area contributed by atoms with Gasteiger partial charge in [-0.05, 0) is 43.0 Å². The monoisotopic (exact) mass is 272 g/mol. The highest BCUT2D eigenvalue weighted by molar-refractivity contribution is 5.96. The molecule has 1 aliphatic heterocycles. The van der Waals surface area contributed by atoms with Gasteiger partial charge in [0, 0.05) is 12.1 Å². The summed E-state index contributed by atoms with van der Waals surface area (Å²) in [6, 6.07) is 7.49. The molecular formula is C15H16N2O3. The third kappa shape index (κ3) is 2.64. The van der Waals surface area contributed by atoms with Crippen LogP contribution in [-0.2, 0) is 4.79 Å². The number of rotatable bonds is 2. The molecule has 5 nitrogen and oxygen atoms in total. The van der Waals surface area contributed by atoms with Crippen molar-refractivity contribution in [3.05, 3.63) is 35.4 Å². The van der Waals surface area contributed by atoms with Gasteiger partial charge in [-0.1, -0.05) is 6.92 Å². The molecule has 20 heavy (non-hydrogen) atoms. The number of aliphatic carboxylic acids is 1. The van der Waals surface area contributed by atoms with Gasteiger partial charge in [0.1, 0.15) is 6.04 Å². The van der Waals surface area contributed by atoms with Crippen LogP contribution in [0.15, 0.2) is 24.3 Å². The third-order valence-corrected chi connectivity index (χ3v) is 3.71. The van der Waals surface area contributed by atoms with Crippen LogP contribution < -0.4 is 0 Å². The van der Waals surface area contributed by atoms with Gasteiger partial charge in [-0.2, -0.15) is 5.26 Å². The number of carboxylic acids is 1.